The van der Waals surface area contributed by atoms with Crippen LogP contribution in [0.4, 0.5) is 0 Å². The van der Waals surface area contributed by atoms with Gasteiger partial charge in [-0.2, -0.15) is 0 Å². The SMILES string of the molecule is CC(C)(C)OC(=O)C1CCC2(CCNCC2)CC1. The van der Waals surface area contributed by atoms with Crippen LogP contribution >= 0.6 is 0 Å². The zero-order chi connectivity index (χ0) is 13.2. The van der Waals surface area contributed by atoms with E-state index in [2.05, 4.69) is 5.32 Å². The van der Waals surface area contributed by atoms with Crippen molar-refractivity contribution in [2.24, 2.45) is 11.3 Å². The highest BCUT2D eigenvalue weighted by Gasteiger charge is 2.39. The first-order valence-electron chi connectivity index (χ1n) is 7.34. The molecule has 1 saturated carbocycles. The van der Waals surface area contributed by atoms with Gasteiger partial charge in [0.15, 0.2) is 0 Å². The van der Waals surface area contributed by atoms with E-state index in [1.54, 1.807) is 0 Å². The summed E-state index contributed by atoms with van der Waals surface area (Å²) >= 11 is 0. The Morgan fingerprint density at radius 1 is 1.11 bits per heavy atom. The van der Waals surface area contributed by atoms with Crippen LogP contribution in [0, 0.1) is 11.3 Å². The molecule has 0 radical (unpaired) electrons. The van der Waals surface area contributed by atoms with Gasteiger partial charge in [-0.3, -0.25) is 4.79 Å². The number of hydrogen-bond acceptors (Lipinski definition) is 3. The Labute approximate surface area is 111 Å². The molecule has 0 bridgehead atoms. The summed E-state index contributed by atoms with van der Waals surface area (Å²) in [6, 6.07) is 0. The number of nitrogens with one attached hydrogen (secondary N) is 1. The summed E-state index contributed by atoms with van der Waals surface area (Å²) in [5.41, 5.74) is 0.185. The second-order valence-corrected chi connectivity index (χ2v) is 7.06. The average Bonchev–Trinajstić information content (AvgIpc) is 2.28. The Bertz CT molecular complexity index is 290. The predicted octanol–water partition coefficient (Wildman–Crippen LogP) is 2.89. The average molecular weight is 253 g/mol. The van der Waals surface area contributed by atoms with Crippen LogP contribution in [0.2, 0.25) is 0 Å². The third-order valence-corrected chi connectivity index (χ3v) is 4.45. The molecule has 0 aromatic carbocycles. The molecule has 2 fully saturated rings. The minimum absolute atomic E-state index is 0.0197. The quantitative estimate of drug-likeness (QED) is 0.730. The Kier molecular flexibility index (Phi) is 4.00. The second-order valence-electron chi connectivity index (χ2n) is 7.06. The lowest BCUT2D eigenvalue weighted by atomic mass is 9.66. The lowest BCUT2D eigenvalue weighted by Gasteiger charge is -2.42. The van der Waals surface area contributed by atoms with Crippen LogP contribution in [0.3, 0.4) is 0 Å². The highest BCUT2D eigenvalue weighted by molar-refractivity contribution is 5.73. The molecule has 0 unspecified atom stereocenters. The van der Waals surface area contributed by atoms with E-state index < -0.39 is 0 Å². The van der Waals surface area contributed by atoms with Gasteiger partial charge >= 0.3 is 5.97 Å². The van der Waals surface area contributed by atoms with E-state index in [4.69, 9.17) is 4.74 Å². The highest BCUT2D eigenvalue weighted by atomic mass is 16.6. The van der Waals surface area contributed by atoms with Crippen LogP contribution in [0.1, 0.15) is 59.3 Å². The molecule has 0 amide bonds. The molecule has 2 aliphatic rings. The Hall–Kier alpha value is -0.570. The monoisotopic (exact) mass is 253 g/mol. The van der Waals surface area contributed by atoms with Crippen LogP contribution in [0.15, 0.2) is 0 Å². The van der Waals surface area contributed by atoms with Crippen LogP contribution in [-0.4, -0.2) is 24.7 Å². The first-order chi connectivity index (χ1) is 8.40. The maximum atomic E-state index is 12.1. The van der Waals surface area contributed by atoms with Crippen molar-refractivity contribution in [3.05, 3.63) is 0 Å². The van der Waals surface area contributed by atoms with E-state index in [9.17, 15) is 4.79 Å². The zero-order valence-electron chi connectivity index (χ0n) is 12.1. The fourth-order valence-corrected chi connectivity index (χ4v) is 3.31. The predicted molar refractivity (Wildman–Crippen MR) is 72.3 cm³/mol. The van der Waals surface area contributed by atoms with Gasteiger partial charge in [-0.15, -0.1) is 0 Å². The molecule has 1 spiro atoms. The highest BCUT2D eigenvalue weighted by Crippen LogP contribution is 2.45. The molecular formula is C15H27NO2. The number of carbonyl (C=O) groups is 1. The molecule has 1 aliphatic heterocycles. The van der Waals surface area contributed by atoms with Gasteiger partial charge in [-0.05, 0) is 77.8 Å². The molecule has 0 aromatic rings. The molecule has 3 heteroatoms. The lowest BCUT2D eigenvalue weighted by Crippen LogP contribution is -2.41. The minimum Gasteiger partial charge on any atom is -0.460 e. The van der Waals surface area contributed by atoms with Crippen molar-refractivity contribution in [1.29, 1.82) is 0 Å². The van der Waals surface area contributed by atoms with Crippen molar-refractivity contribution in [1.82, 2.24) is 5.32 Å². The van der Waals surface area contributed by atoms with Crippen molar-refractivity contribution in [3.63, 3.8) is 0 Å². The van der Waals surface area contributed by atoms with Gasteiger partial charge in [0.2, 0.25) is 0 Å². The van der Waals surface area contributed by atoms with E-state index in [1.165, 1.54) is 25.7 Å². The van der Waals surface area contributed by atoms with Crippen molar-refractivity contribution >= 4 is 5.97 Å². The topological polar surface area (TPSA) is 38.3 Å². The summed E-state index contributed by atoms with van der Waals surface area (Å²) in [5, 5.41) is 3.43. The normalized spacial score (nSPS) is 25.1. The third kappa shape index (κ3) is 3.47. The second kappa shape index (κ2) is 5.20. The van der Waals surface area contributed by atoms with E-state index >= 15 is 0 Å². The maximum Gasteiger partial charge on any atom is 0.309 e. The number of rotatable bonds is 1. The van der Waals surface area contributed by atoms with Gasteiger partial charge in [-0.1, -0.05) is 0 Å². The molecule has 0 atom stereocenters. The Morgan fingerprint density at radius 3 is 2.17 bits per heavy atom. The minimum atomic E-state index is -0.346. The fraction of sp³-hybridized carbons (Fsp3) is 0.933. The van der Waals surface area contributed by atoms with E-state index in [-0.39, 0.29) is 17.5 Å². The molecule has 3 nitrogen and oxygen atoms in total. The summed E-state index contributed by atoms with van der Waals surface area (Å²) < 4.78 is 5.50. The number of esters is 1. The van der Waals surface area contributed by atoms with Crippen LogP contribution in [0.5, 0.6) is 0 Å². The molecule has 1 saturated heterocycles. The van der Waals surface area contributed by atoms with Gasteiger partial charge in [-0.25, -0.2) is 0 Å². The molecule has 1 N–H and O–H groups in total. The summed E-state index contributed by atoms with van der Waals surface area (Å²) in [6.45, 7) is 8.14. The van der Waals surface area contributed by atoms with E-state index in [1.807, 2.05) is 20.8 Å². The number of piperidine rings is 1. The van der Waals surface area contributed by atoms with Crippen LogP contribution in [0.25, 0.3) is 0 Å². The third-order valence-electron chi connectivity index (χ3n) is 4.45. The van der Waals surface area contributed by atoms with Crippen LogP contribution in [-0.2, 0) is 9.53 Å². The number of ether oxygens (including phenoxy) is 1. The molecule has 104 valence electrons. The standard InChI is InChI=1S/C15H27NO2/c1-14(2,3)18-13(17)12-4-6-15(7-5-12)8-10-16-11-9-15/h12,16H,4-11H2,1-3H3. The smallest absolute Gasteiger partial charge is 0.309 e. The Morgan fingerprint density at radius 2 is 1.67 bits per heavy atom. The maximum absolute atomic E-state index is 12.1. The number of hydrogen-bond donors (Lipinski definition) is 1. The summed E-state index contributed by atoms with van der Waals surface area (Å²) in [6.07, 6.45) is 7.03. The summed E-state index contributed by atoms with van der Waals surface area (Å²) in [5.74, 6) is 0.163. The van der Waals surface area contributed by atoms with Crippen molar-refractivity contribution < 1.29 is 9.53 Å². The van der Waals surface area contributed by atoms with Gasteiger partial charge < -0.3 is 10.1 Å². The number of carbonyl (C=O) groups excluding carboxylic acids is 1. The fourth-order valence-electron chi connectivity index (χ4n) is 3.31. The Balaban J connectivity index is 1.84. The van der Waals surface area contributed by atoms with Gasteiger partial charge in [0.1, 0.15) is 5.60 Å². The molecule has 2 rings (SSSR count). The van der Waals surface area contributed by atoms with Gasteiger partial charge in [0, 0.05) is 0 Å². The van der Waals surface area contributed by atoms with Crippen molar-refractivity contribution in [2.75, 3.05) is 13.1 Å². The molecule has 1 aliphatic carbocycles. The van der Waals surface area contributed by atoms with Crippen LogP contribution < -0.4 is 5.32 Å². The van der Waals surface area contributed by atoms with Gasteiger partial charge in [0.05, 0.1) is 5.92 Å². The molecular weight excluding hydrogens is 226 g/mol. The first-order valence-corrected chi connectivity index (χ1v) is 7.34. The van der Waals surface area contributed by atoms with Crippen molar-refractivity contribution in [2.45, 2.75) is 64.9 Å². The largest absolute Gasteiger partial charge is 0.460 e. The zero-order valence-corrected chi connectivity index (χ0v) is 12.1. The molecule has 0 aromatic heterocycles. The van der Waals surface area contributed by atoms with Gasteiger partial charge in [0.25, 0.3) is 0 Å². The summed E-state index contributed by atoms with van der Waals surface area (Å²) in [4.78, 5) is 12.1. The van der Waals surface area contributed by atoms with E-state index in [0.717, 1.165) is 25.9 Å². The van der Waals surface area contributed by atoms with Crippen molar-refractivity contribution in [3.8, 4) is 0 Å². The molecule has 1 heterocycles. The molecule has 18 heavy (non-hydrogen) atoms. The summed E-state index contributed by atoms with van der Waals surface area (Å²) in [7, 11) is 0. The van der Waals surface area contributed by atoms with E-state index in [0.29, 0.717) is 5.41 Å². The lowest BCUT2D eigenvalue weighted by molar-refractivity contribution is -0.162. The first kappa shape index (κ1) is 13.9.